The van der Waals surface area contributed by atoms with Gasteiger partial charge in [0.1, 0.15) is 6.54 Å². The fourth-order valence-corrected chi connectivity index (χ4v) is 2.23. The van der Waals surface area contributed by atoms with Crippen LogP contribution >= 0.6 is 0 Å². The van der Waals surface area contributed by atoms with Crippen molar-refractivity contribution in [2.75, 3.05) is 18.4 Å². The molecule has 0 saturated heterocycles. The van der Waals surface area contributed by atoms with Crippen molar-refractivity contribution in [3.8, 4) is 0 Å². The van der Waals surface area contributed by atoms with E-state index in [0.717, 1.165) is 37.3 Å². The Morgan fingerprint density at radius 2 is 2.37 bits per heavy atom. The Kier molecular flexibility index (Phi) is 3.23. The van der Waals surface area contributed by atoms with Gasteiger partial charge < -0.3 is 10.6 Å². The first-order valence-electron chi connectivity index (χ1n) is 6.84. The first kappa shape index (κ1) is 12.2. The van der Waals surface area contributed by atoms with Gasteiger partial charge in [-0.3, -0.25) is 9.59 Å². The van der Waals surface area contributed by atoms with Gasteiger partial charge in [0.15, 0.2) is 0 Å². The average molecular weight is 262 g/mol. The highest BCUT2D eigenvalue weighted by Crippen LogP contribution is 2.27. The summed E-state index contributed by atoms with van der Waals surface area (Å²) >= 11 is 0. The van der Waals surface area contributed by atoms with Crippen LogP contribution in [0.5, 0.6) is 0 Å². The Morgan fingerprint density at radius 3 is 3.16 bits per heavy atom. The molecule has 2 aliphatic rings. The predicted molar refractivity (Wildman–Crippen MR) is 71.0 cm³/mol. The minimum atomic E-state index is -0.227. The SMILES string of the molecule is O=C(Cn1nc2c(cc1=O)NCCC2)NCC1CC1. The molecule has 0 unspecified atom stereocenters. The number of carbonyl (C=O) groups is 1. The minimum Gasteiger partial charge on any atom is -0.383 e. The summed E-state index contributed by atoms with van der Waals surface area (Å²) in [5.74, 6) is 0.506. The molecule has 0 aromatic carbocycles. The van der Waals surface area contributed by atoms with E-state index in [4.69, 9.17) is 0 Å². The van der Waals surface area contributed by atoms with Crippen molar-refractivity contribution in [1.82, 2.24) is 15.1 Å². The highest BCUT2D eigenvalue weighted by atomic mass is 16.2. The normalized spacial score (nSPS) is 17.5. The monoisotopic (exact) mass is 262 g/mol. The smallest absolute Gasteiger partial charge is 0.269 e. The fourth-order valence-electron chi connectivity index (χ4n) is 2.23. The number of amides is 1. The second-order valence-corrected chi connectivity index (χ2v) is 5.28. The van der Waals surface area contributed by atoms with Gasteiger partial charge in [-0.25, -0.2) is 4.68 Å². The van der Waals surface area contributed by atoms with Gasteiger partial charge in [0.2, 0.25) is 5.91 Å². The topological polar surface area (TPSA) is 76.0 Å². The summed E-state index contributed by atoms with van der Waals surface area (Å²) in [6.45, 7) is 1.61. The van der Waals surface area contributed by atoms with Gasteiger partial charge in [-0.15, -0.1) is 0 Å². The van der Waals surface area contributed by atoms with Crippen LogP contribution in [0.3, 0.4) is 0 Å². The number of hydrogen-bond donors (Lipinski definition) is 2. The lowest BCUT2D eigenvalue weighted by Gasteiger charge is -2.17. The molecule has 0 spiro atoms. The third-order valence-electron chi connectivity index (χ3n) is 3.56. The van der Waals surface area contributed by atoms with E-state index in [1.807, 2.05) is 0 Å². The fraction of sp³-hybridized carbons (Fsp3) is 0.615. The quantitative estimate of drug-likeness (QED) is 0.808. The van der Waals surface area contributed by atoms with Gasteiger partial charge in [-0.05, 0) is 31.6 Å². The summed E-state index contributed by atoms with van der Waals surface area (Å²) in [6, 6.07) is 1.54. The minimum absolute atomic E-state index is 0.0127. The lowest BCUT2D eigenvalue weighted by molar-refractivity contribution is -0.122. The van der Waals surface area contributed by atoms with E-state index in [-0.39, 0.29) is 18.0 Å². The number of carbonyl (C=O) groups excluding carboxylic acids is 1. The summed E-state index contributed by atoms with van der Waals surface area (Å²) in [5, 5.41) is 10.3. The number of anilines is 1. The van der Waals surface area contributed by atoms with Crippen LogP contribution in [0.4, 0.5) is 5.69 Å². The lowest BCUT2D eigenvalue weighted by atomic mass is 10.1. The summed E-state index contributed by atoms with van der Waals surface area (Å²) in [7, 11) is 0. The predicted octanol–water partition coefficient (Wildman–Crippen LogP) is 0.128. The molecule has 0 atom stereocenters. The third kappa shape index (κ3) is 2.94. The number of fused-ring (bicyclic) bond motifs is 1. The Balaban J connectivity index is 1.69. The molecule has 0 radical (unpaired) electrons. The highest BCUT2D eigenvalue weighted by Gasteiger charge is 2.22. The molecular weight excluding hydrogens is 244 g/mol. The molecule has 1 aromatic rings. The van der Waals surface area contributed by atoms with Crippen molar-refractivity contribution >= 4 is 11.6 Å². The molecule has 2 heterocycles. The molecule has 19 heavy (non-hydrogen) atoms. The van der Waals surface area contributed by atoms with Gasteiger partial charge in [0, 0.05) is 19.2 Å². The van der Waals surface area contributed by atoms with Crippen LogP contribution < -0.4 is 16.2 Å². The Bertz CT molecular complexity index is 548. The van der Waals surface area contributed by atoms with E-state index in [0.29, 0.717) is 5.92 Å². The molecule has 102 valence electrons. The summed E-state index contributed by atoms with van der Waals surface area (Å²) in [4.78, 5) is 23.6. The highest BCUT2D eigenvalue weighted by molar-refractivity contribution is 5.75. The molecule has 1 aliphatic heterocycles. The molecule has 0 bridgehead atoms. The number of aryl methyl sites for hydroxylation is 1. The van der Waals surface area contributed by atoms with Gasteiger partial charge in [0.05, 0.1) is 11.4 Å². The molecule has 1 amide bonds. The molecule has 1 aromatic heterocycles. The molecule has 1 fully saturated rings. The van der Waals surface area contributed by atoms with E-state index < -0.39 is 0 Å². The van der Waals surface area contributed by atoms with Crippen molar-refractivity contribution < 1.29 is 4.79 Å². The number of nitrogens with one attached hydrogen (secondary N) is 2. The molecule has 3 rings (SSSR count). The first-order valence-corrected chi connectivity index (χ1v) is 6.84. The van der Waals surface area contributed by atoms with Crippen LogP contribution in [0, 0.1) is 5.92 Å². The van der Waals surface area contributed by atoms with E-state index in [9.17, 15) is 9.59 Å². The number of nitrogens with zero attached hydrogens (tertiary/aromatic N) is 2. The zero-order valence-electron chi connectivity index (χ0n) is 10.8. The molecule has 6 nitrogen and oxygen atoms in total. The van der Waals surface area contributed by atoms with Crippen LogP contribution in [0.1, 0.15) is 25.0 Å². The Labute approximate surface area is 111 Å². The van der Waals surface area contributed by atoms with E-state index >= 15 is 0 Å². The van der Waals surface area contributed by atoms with Crippen LogP contribution in [0.2, 0.25) is 0 Å². The van der Waals surface area contributed by atoms with Gasteiger partial charge in [-0.2, -0.15) is 5.10 Å². The van der Waals surface area contributed by atoms with E-state index in [2.05, 4.69) is 15.7 Å². The van der Waals surface area contributed by atoms with E-state index in [1.54, 1.807) is 0 Å². The Hall–Kier alpha value is -1.85. The summed E-state index contributed by atoms with van der Waals surface area (Å²) in [6.07, 6.45) is 4.25. The number of rotatable bonds is 4. The molecular formula is C13H18N4O2. The van der Waals surface area contributed by atoms with Gasteiger partial charge >= 0.3 is 0 Å². The zero-order chi connectivity index (χ0) is 13.2. The van der Waals surface area contributed by atoms with E-state index in [1.165, 1.54) is 23.6 Å². The number of aromatic nitrogens is 2. The van der Waals surface area contributed by atoms with Crippen LogP contribution in [0.15, 0.2) is 10.9 Å². The van der Waals surface area contributed by atoms with Crippen molar-refractivity contribution in [2.45, 2.75) is 32.2 Å². The molecule has 6 heteroatoms. The van der Waals surface area contributed by atoms with Crippen LogP contribution in [-0.4, -0.2) is 28.8 Å². The zero-order valence-corrected chi connectivity index (χ0v) is 10.8. The number of hydrogen-bond acceptors (Lipinski definition) is 4. The van der Waals surface area contributed by atoms with Crippen LogP contribution in [0.25, 0.3) is 0 Å². The largest absolute Gasteiger partial charge is 0.383 e. The second-order valence-electron chi connectivity index (χ2n) is 5.28. The first-order chi connectivity index (χ1) is 9.22. The van der Waals surface area contributed by atoms with Gasteiger partial charge in [0.25, 0.3) is 5.56 Å². The summed E-state index contributed by atoms with van der Waals surface area (Å²) in [5.41, 5.74) is 1.46. The third-order valence-corrected chi connectivity index (χ3v) is 3.56. The molecule has 2 N–H and O–H groups in total. The van der Waals surface area contributed by atoms with Gasteiger partial charge in [-0.1, -0.05) is 0 Å². The van der Waals surface area contributed by atoms with Crippen molar-refractivity contribution in [1.29, 1.82) is 0 Å². The maximum atomic E-state index is 11.9. The maximum absolute atomic E-state index is 11.9. The summed E-state index contributed by atoms with van der Waals surface area (Å²) < 4.78 is 1.26. The Morgan fingerprint density at radius 1 is 1.53 bits per heavy atom. The van der Waals surface area contributed by atoms with Crippen LogP contribution in [-0.2, 0) is 17.8 Å². The van der Waals surface area contributed by atoms with Crippen molar-refractivity contribution in [3.63, 3.8) is 0 Å². The standard InChI is InChI=1S/C13H18N4O2/c18-12(15-7-9-3-4-9)8-17-13(19)6-11-10(16-17)2-1-5-14-11/h6,9,14H,1-5,7-8H2,(H,15,18). The average Bonchev–Trinajstić information content (AvgIpc) is 3.21. The van der Waals surface area contributed by atoms with Crippen molar-refractivity contribution in [3.05, 3.63) is 22.1 Å². The molecule has 1 aliphatic carbocycles. The maximum Gasteiger partial charge on any atom is 0.269 e. The lowest BCUT2D eigenvalue weighted by Crippen LogP contribution is -2.35. The molecule has 1 saturated carbocycles. The van der Waals surface area contributed by atoms with Crippen molar-refractivity contribution in [2.24, 2.45) is 5.92 Å². The second kappa shape index (κ2) is 5.03.